The Morgan fingerprint density at radius 2 is 1.71 bits per heavy atom. The zero-order valence-electron chi connectivity index (χ0n) is 9.98. The first-order valence-electron chi connectivity index (χ1n) is 4.60. The number of phosphoric acid groups is 1. The van der Waals surface area contributed by atoms with E-state index in [2.05, 4.69) is 9.05 Å². The van der Waals surface area contributed by atoms with E-state index in [0.717, 1.165) is 7.11 Å². The summed E-state index contributed by atoms with van der Waals surface area (Å²) in [6.45, 7) is 4.87. The van der Waals surface area contributed by atoms with Crippen LogP contribution in [-0.2, 0) is 13.6 Å². The molecule has 0 aliphatic carbocycles. The second-order valence-electron chi connectivity index (χ2n) is 3.50. The molecule has 0 aromatic rings. The second kappa shape index (κ2) is 7.37. The van der Waals surface area contributed by atoms with Gasteiger partial charge in [-0.05, 0) is 0 Å². The first-order valence-corrected chi connectivity index (χ1v) is 6.10. The molecule has 0 saturated heterocycles. The maximum Gasteiger partial charge on any atom is 0.472 e. The minimum atomic E-state index is -3.77. The SMILES string of the molecule is CC.COP(=O)(O)OCC[N+](C)(C)C. The monoisotopic (exact) mass is 228 g/mol. The predicted octanol–water partition coefficient (Wildman–Crippen LogP) is 1.48. The largest absolute Gasteiger partial charge is 0.472 e. The summed E-state index contributed by atoms with van der Waals surface area (Å²) < 4.78 is 20.3. The van der Waals surface area contributed by atoms with Crippen molar-refractivity contribution in [3.63, 3.8) is 0 Å². The molecule has 0 saturated carbocycles. The van der Waals surface area contributed by atoms with Gasteiger partial charge in [0.05, 0.1) is 21.1 Å². The molecular weight excluding hydrogens is 205 g/mol. The number of nitrogens with zero attached hydrogens (tertiary/aromatic N) is 1. The Hall–Kier alpha value is 0.0700. The predicted molar refractivity (Wildman–Crippen MR) is 57.0 cm³/mol. The molecule has 0 rings (SSSR count). The van der Waals surface area contributed by atoms with Crippen LogP contribution in [0.5, 0.6) is 0 Å². The van der Waals surface area contributed by atoms with Gasteiger partial charge in [-0.25, -0.2) is 4.57 Å². The summed E-state index contributed by atoms with van der Waals surface area (Å²) in [6.07, 6.45) is 0. The van der Waals surface area contributed by atoms with E-state index in [9.17, 15) is 4.57 Å². The maximum atomic E-state index is 10.8. The smallest absolute Gasteiger partial charge is 0.329 e. The van der Waals surface area contributed by atoms with Crippen LogP contribution in [0.3, 0.4) is 0 Å². The molecule has 0 aromatic carbocycles. The molecule has 1 atom stereocenters. The van der Waals surface area contributed by atoms with Gasteiger partial charge in [0.1, 0.15) is 13.2 Å². The van der Waals surface area contributed by atoms with Crippen LogP contribution in [0.4, 0.5) is 0 Å². The summed E-state index contributed by atoms with van der Waals surface area (Å²) >= 11 is 0. The van der Waals surface area contributed by atoms with Gasteiger partial charge in [0, 0.05) is 7.11 Å². The van der Waals surface area contributed by atoms with E-state index >= 15 is 0 Å². The molecule has 0 radical (unpaired) electrons. The number of phosphoric ester groups is 1. The molecule has 14 heavy (non-hydrogen) atoms. The zero-order valence-corrected chi connectivity index (χ0v) is 10.9. The van der Waals surface area contributed by atoms with E-state index in [-0.39, 0.29) is 6.61 Å². The minimum Gasteiger partial charge on any atom is -0.329 e. The van der Waals surface area contributed by atoms with Gasteiger partial charge in [-0.15, -0.1) is 0 Å². The van der Waals surface area contributed by atoms with Gasteiger partial charge in [-0.2, -0.15) is 0 Å². The maximum absolute atomic E-state index is 10.8. The molecule has 88 valence electrons. The van der Waals surface area contributed by atoms with E-state index in [0.29, 0.717) is 11.0 Å². The molecule has 0 aromatic heterocycles. The highest BCUT2D eigenvalue weighted by molar-refractivity contribution is 7.47. The van der Waals surface area contributed by atoms with Gasteiger partial charge in [-0.3, -0.25) is 9.05 Å². The topological polar surface area (TPSA) is 55.8 Å². The van der Waals surface area contributed by atoms with Crippen molar-refractivity contribution in [1.82, 2.24) is 0 Å². The first kappa shape index (κ1) is 16.5. The third-order valence-corrected chi connectivity index (χ3v) is 2.22. The van der Waals surface area contributed by atoms with Crippen molar-refractivity contribution in [3.05, 3.63) is 0 Å². The first-order chi connectivity index (χ1) is 6.27. The summed E-state index contributed by atoms with van der Waals surface area (Å²) in [5.41, 5.74) is 0. The van der Waals surface area contributed by atoms with Gasteiger partial charge in [0.15, 0.2) is 0 Å². The lowest BCUT2D eigenvalue weighted by Gasteiger charge is -2.23. The minimum absolute atomic E-state index is 0.213. The molecule has 0 amide bonds. The number of hydrogen-bond acceptors (Lipinski definition) is 3. The molecular formula is C8H23NO4P+. The van der Waals surface area contributed by atoms with Gasteiger partial charge in [-0.1, -0.05) is 13.8 Å². The number of quaternary nitrogens is 1. The summed E-state index contributed by atoms with van der Waals surface area (Å²) in [6, 6.07) is 0. The Balaban J connectivity index is 0. The molecule has 1 N–H and O–H groups in total. The lowest BCUT2D eigenvalue weighted by Crippen LogP contribution is -2.37. The standard InChI is InChI=1S/C6H16NO4P.C2H6/c1-7(2,3)5-6-11-12(8,9)10-4;1-2/h5-6H2,1-4H3;1-2H3/p+1. The fourth-order valence-corrected chi connectivity index (χ4v) is 0.901. The molecule has 0 heterocycles. The summed E-state index contributed by atoms with van der Waals surface area (Å²) in [4.78, 5) is 8.82. The highest BCUT2D eigenvalue weighted by atomic mass is 31.2. The fourth-order valence-electron chi connectivity index (χ4n) is 0.483. The Labute approximate surface area is 86.8 Å². The normalized spacial score (nSPS) is 15.4. The van der Waals surface area contributed by atoms with Crippen molar-refractivity contribution in [2.24, 2.45) is 0 Å². The quantitative estimate of drug-likeness (QED) is 0.572. The summed E-state index contributed by atoms with van der Waals surface area (Å²) in [5, 5.41) is 0. The molecule has 0 aliphatic rings. The van der Waals surface area contributed by atoms with Crippen molar-refractivity contribution in [3.8, 4) is 0 Å². The highest BCUT2D eigenvalue weighted by Gasteiger charge is 2.19. The van der Waals surface area contributed by atoms with E-state index in [1.807, 2.05) is 35.0 Å². The highest BCUT2D eigenvalue weighted by Crippen LogP contribution is 2.41. The van der Waals surface area contributed by atoms with Gasteiger partial charge < -0.3 is 9.38 Å². The average Bonchev–Trinajstić information content (AvgIpc) is 2.05. The summed E-state index contributed by atoms with van der Waals surface area (Å²) in [7, 11) is 3.29. The van der Waals surface area contributed by atoms with Crippen LogP contribution in [0, 0.1) is 0 Å². The Morgan fingerprint density at radius 1 is 1.29 bits per heavy atom. The molecule has 1 unspecified atom stereocenters. The lowest BCUT2D eigenvalue weighted by atomic mass is 10.5. The second-order valence-corrected chi connectivity index (χ2v) is 5.06. The molecule has 6 heteroatoms. The fraction of sp³-hybridized carbons (Fsp3) is 1.00. The average molecular weight is 228 g/mol. The number of rotatable bonds is 5. The molecule has 0 fully saturated rings. The number of likely N-dealkylation sites (N-methyl/N-ethyl adjacent to an activating group) is 1. The van der Waals surface area contributed by atoms with Crippen LogP contribution in [0.2, 0.25) is 0 Å². The van der Waals surface area contributed by atoms with E-state index < -0.39 is 7.82 Å². The van der Waals surface area contributed by atoms with Crippen LogP contribution in [0.25, 0.3) is 0 Å². The number of hydrogen-bond donors (Lipinski definition) is 1. The third kappa shape index (κ3) is 12.1. The van der Waals surface area contributed by atoms with Gasteiger partial charge in [0.25, 0.3) is 0 Å². The molecule has 0 bridgehead atoms. The van der Waals surface area contributed by atoms with E-state index in [1.54, 1.807) is 0 Å². The lowest BCUT2D eigenvalue weighted by molar-refractivity contribution is -0.870. The Kier molecular flexibility index (Phi) is 8.69. The van der Waals surface area contributed by atoms with Gasteiger partial charge >= 0.3 is 7.82 Å². The van der Waals surface area contributed by atoms with Crippen molar-refractivity contribution in [1.29, 1.82) is 0 Å². The molecule has 5 nitrogen and oxygen atoms in total. The van der Waals surface area contributed by atoms with Crippen LogP contribution < -0.4 is 0 Å². The van der Waals surface area contributed by atoms with Crippen LogP contribution >= 0.6 is 7.82 Å². The van der Waals surface area contributed by atoms with Gasteiger partial charge in [0.2, 0.25) is 0 Å². The third-order valence-electron chi connectivity index (χ3n) is 1.25. The zero-order chi connectivity index (χ0) is 11.8. The molecule has 0 aliphatic heterocycles. The van der Waals surface area contributed by atoms with Crippen LogP contribution in [-0.4, -0.2) is 50.8 Å². The van der Waals surface area contributed by atoms with Crippen LogP contribution in [0.1, 0.15) is 13.8 Å². The van der Waals surface area contributed by atoms with Crippen molar-refractivity contribution < 1.29 is 23.0 Å². The van der Waals surface area contributed by atoms with E-state index in [1.165, 1.54) is 0 Å². The Bertz CT molecular complexity index is 179. The molecule has 0 spiro atoms. The van der Waals surface area contributed by atoms with Crippen LogP contribution in [0.15, 0.2) is 0 Å². The van der Waals surface area contributed by atoms with E-state index in [4.69, 9.17) is 4.89 Å². The van der Waals surface area contributed by atoms with Crippen molar-refractivity contribution in [2.75, 3.05) is 41.4 Å². The van der Waals surface area contributed by atoms with Crippen molar-refractivity contribution in [2.45, 2.75) is 13.8 Å². The summed E-state index contributed by atoms with van der Waals surface area (Å²) in [5.74, 6) is 0. The Morgan fingerprint density at radius 3 is 2.00 bits per heavy atom. The van der Waals surface area contributed by atoms with Crippen molar-refractivity contribution >= 4 is 7.82 Å².